The Hall–Kier alpha value is -2.38. The standard InChI is InChI=1S/C12H10O4/c13-11(14)9-7-5-3-1-2-4-6-8-10-12(15)16/h7-10H2,(H,13,14)(H,15,16). The summed E-state index contributed by atoms with van der Waals surface area (Å²) in [5.41, 5.74) is 0. The molecule has 0 fully saturated rings. The fourth-order valence-electron chi connectivity index (χ4n) is 0.615. The molecule has 0 heterocycles. The molecule has 0 aliphatic heterocycles. The Morgan fingerprint density at radius 2 is 1.12 bits per heavy atom. The summed E-state index contributed by atoms with van der Waals surface area (Å²) in [6, 6.07) is 0. The third-order valence-electron chi connectivity index (χ3n) is 1.29. The number of hydrogen-bond acceptors (Lipinski definition) is 2. The predicted octanol–water partition coefficient (Wildman–Crippen LogP) is 0.726. The van der Waals surface area contributed by atoms with Crippen molar-refractivity contribution in [3.05, 3.63) is 0 Å². The lowest BCUT2D eigenvalue weighted by Crippen LogP contribution is -1.91. The lowest BCUT2D eigenvalue weighted by molar-refractivity contribution is -0.137. The van der Waals surface area contributed by atoms with Gasteiger partial charge in [0.05, 0.1) is 12.8 Å². The van der Waals surface area contributed by atoms with Gasteiger partial charge in [0.25, 0.3) is 0 Å². The van der Waals surface area contributed by atoms with Crippen molar-refractivity contribution >= 4 is 11.9 Å². The molecule has 16 heavy (non-hydrogen) atoms. The lowest BCUT2D eigenvalue weighted by atomic mass is 10.3. The summed E-state index contributed by atoms with van der Waals surface area (Å²) < 4.78 is 0. The zero-order valence-corrected chi connectivity index (χ0v) is 8.54. The quantitative estimate of drug-likeness (QED) is 0.682. The zero-order valence-electron chi connectivity index (χ0n) is 8.54. The second-order valence-electron chi connectivity index (χ2n) is 2.64. The van der Waals surface area contributed by atoms with Gasteiger partial charge in [0.15, 0.2) is 0 Å². The van der Waals surface area contributed by atoms with Crippen molar-refractivity contribution in [2.75, 3.05) is 0 Å². The van der Waals surface area contributed by atoms with E-state index in [1.165, 1.54) is 0 Å². The van der Waals surface area contributed by atoms with Crippen LogP contribution in [0.1, 0.15) is 25.7 Å². The molecule has 0 unspecified atom stereocenters. The zero-order chi connectivity index (χ0) is 12.2. The predicted molar refractivity (Wildman–Crippen MR) is 57.1 cm³/mol. The van der Waals surface area contributed by atoms with E-state index in [9.17, 15) is 9.59 Å². The van der Waals surface area contributed by atoms with Gasteiger partial charge < -0.3 is 10.2 Å². The van der Waals surface area contributed by atoms with Crippen LogP contribution in [0.2, 0.25) is 0 Å². The van der Waals surface area contributed by atoms with Gasteiger partial charge in [-0.05, 0) is 23.7 Å². The number of aliphatic carboxylic acids is 2. The third-order valence-corrected chi connectivity index (χ3v) is 1.29. The Balaban J connectivity index is 3.76. The normalized spacial score (nSPS) is 7.25. The van der Waals surface area contributed by atoms with Crippen molar-refractivity contribution < 1.29 is 19.8 Å². The molecular formula is C12H10O4. The molecule has 4 heteroatoms. The average Bonchev–Trinajstić information content (AvgIpc) is 2.20. The van der Waals surface area contributed by atoms with Gasteiger partial charge in [-0.2, -0.15) is 0 Å². The molecule has 0 aromatic heterocycles. The number of carboxylic acid groups (broad SMARTS) is 2. The average molecular weight is 218 g/mol. The molecule has 0 bridgehead atoms. The van der Waals surface area contributed by atoms with Crippen molar-refractivity contribution in [1.29, 1.82) is 0 Å². The van der Waals surface area contributed by atoms with Crippen LogP contribution in [0.4, 0.5) is 0 Å². The van der Waals surface area contributed by atoms with E-state index < -0.39 is 11.9 Å². The van der Waals surface area contributed by atoms with Crippen molar-refractivity contribution in [3.8, 4) is 35.5 Å². The Morgan fingerprint density at radius 1 is 0.750 bits per heavy atom. The molecule has 0 aliphatic carbocycles. The molecule has 0 atom stereocenters. The Kier molecular flexibility index (Phi) is 7.82. The van der Waals surface area contributed by atoms with E-state index in [1.54, 1.807) is 0 Å². The molecule has 0 spiro atoms. The van der Waals surface area contributed by atoms with E-state index in [-0.39, 0.29) is 25.7 Å². The van der Waals surface area contributed by atoms with Crippen LogP contribution in [0.5, 0.6) is 0 Å². The maximum absolute atomic E-state index is 10.1. The summed E-state index contributed by atoms with van der Waals surface area (Å²) in [6.45, 7) is 0. The van der Waals surface area contributed by atoms with E-state index in [0.717, 1.165) is 0 Å². The summed E-state index contributed by atoms with van der Waals surface area (Å²) in [5, 5.41) is 16.6. The summed E-state index contributed by atoms with van der Waals surface area (Å²) in [5.74, 6) is 13.1. The minimum Gasteiger partial charge on any atom is -0.481 e. The highest BCUT2D eigenvalue weighted by atomic mass is 16.4. The second-order valence-corrected chi connectivity index (χ2v) is 2.64. The minimum atomic E-state index is -0.893. The van der Waals surface area contributed by atoms with E-state index in [4.69, 9.17) is 10.2 Å². The molecule has 0 saturated carbocycles. The molecule has 82 valence electrons. The molecule has 4 nitrogen and oxygen atoms in total. The molecule has 0 amide bonds. The number of carbonyl (C=O) groups is 2. The van der Waals surface area contributed by atoms with E-state index in [1.807, 2.05) is 0 Å². The Morgan fingerprint density at radius 3 is 1.44 bits per heavy atom. The van der Waals surface area contributed by atoms with Gasteiger partial charge in [0.1, 0.15) is 0 Å². The first-order valence-corrected chi connectivity index (χ1v) is 4.52. The van der Waals surface area contributed by atoms with Crippen molar-refractivity contribution in [2.45, 2.75) is 25.7 Å². The van der Waals surface area contributed by atoms with E-state index >= 15 is 0 Å². The number of hydrogen-bond donors (Lipinski definition) is 2. The van der Waals surface area contributed by atoms with Gasteiger partial charge in [0.2, 0.25) is 0 Å². The maximum Gasteiger partial charge on any atom is 0.304 e. The molecule has 2 N–H and O–H groups in total. The monoisotopic (exact) mass is 218 g/mol. The highest BCUT2D eigenvalue weighted by Crippen LogP contribution is 1.84. The molecule has 0 aliphatic rings. The SMILES string of the molecule is O=C(O)CCC#CC#CC#CCCC(=O)O. The first-order valence-electron chi connectivity index (χ1n) is 4.52. The lowest BCUT2D eigenvalue weighted by Gasteiger charge is -1.81. The summed E-state index contributed by atoms with van der Waals surface area (Å²) in [7, 11) is 0. The number of rotatable bonds is 4. The second kappa shape index (κ2) is 9.19. The first-order chi connectivity index (χ1) is 7.63. The third kappa shape index (κ3) is 11.6. The van der Waals surface area contributed by atoms with Gasteiger partial charge in [-0.25, -0.2) is 0 Å². The van der Waals surface area contributed by atoms with E-state index in [2.05, 4.69) is 35.5 Å². The van der Waals surface area contributed by atoms with Crippen molar-refractivity contribution in [3.63, 3.8) is 0 Å². The summed E-state index contributed by atoms with van der Waals surface area (Å²) in [6.07, 6.45) is 0.519. The fraction of sp³-hybridized carbons (Fsp3) is 0.333. The van der Waals surface area contributed by atoms with Gasteiger partial charge >= 0.3 is 11.9 Å². The van der Waals surface area contributed by atoms with Crippen LogP contribution in [0, 0.1) is 35.5 Å². The van der Waals surface area contributed by atoms with Crippen LogP contribution in [0.25, 0.3) is 0 Å². The van der Waals surface area contributed by atoms with Crippen LogP contribution in [-0.2, 0) is 9.59 Å². The van der Waals surface area contributed by atoms with Gasteiger partial charge in [-0.15, -0.1) is 0 Å². The number of carboxylic acids is 2. The Bertz CT molecular complexity index is 389. The van der Waals surface area contributed by atoms with Crippen LogP contribution in [0.15, 0.2) is 0 Å². The molecule has 0 radical (unpaired) electrons. The highest BCUT2D eigenvalue weighted by molar-refractivity contribution is 5.67. The molecule has 0 saturated heterocycles. The van der Waals surface area contributed by atoms with Crippen LogP contribution >= 0.6 is 0 Å². The van der Waals surface area contributed by atoms with Crippen molar-refractivity contribution in [1.82, 2.24) is 0 Å². The van der Waals surface area contributed by atoms with Gasteiger partial charge in [-0.3, -0.25) is 9.59 Å². The van der Waals surface area contributed by atoms with E-state index in [0.29, 0.717) is 0 Å². The minimum absolute atomic E-state index is 0.00102. The summed E-state index contributed by atoms with van der Waals surface area (Å²) >= 11 is 0. The molecule has 0 rings (SSSR count). The van der Waals surface area contributed by atoms with Gasteiger partial charge in [-0.1, -0.05) is 11.8 Å². The van der Waals surface area contributed by atoms with Crippen LogP contribution in [-0.4, -0.2) is 22.2 Å². The Labute approximate surface area is 93.7 Å². The molecule has 0 aromatic carbocycles. The van der Waals surface area contributed by atoms with Crippen LogP contribution in [0.3, 0.4) is 0 Å². The molecular weight excluding hydrogens is 208 g/mol. The highest BCUT2D eigenvalue weighted by Gasteiger charge is 1.91. The van der Waals surface area contributed by atoms with Crippen LogP contribution < -0.4 is 0 Å². The topological polar surface area (TPSA) is 74.6 Å². The fourth-order valence-corrected chi connectivity index (χ4v) is 0.615. The van der Waals surface area contributed by atoms with Gasteiger partial charge in [0, 0.05) is 12.8 Å². The maximum atomic E-state index is 10.1. The summed E-state index contributed by atoms with van der Waals surface area (Å²) in [4.78, 5) is 20.2. The largest absolute Gasteiger partial charge is 0.481 e. The smallest absolute Gasteiger partial charge is 0.304 e. The first kappa shape index (κ1) is 13.6. The van der Waals surface area contributed by atoms with Crippen molar-refractivity contribution in [2.24, 2.45) is 0 Å². The molecule has 0 aromatic rings.